The molecule has 0 spiro atoms. The molecule has 6 nitrogen and oxygen atoms in total. The standard InChI is InChI=1S/C14H27N3O3S.2ClH/c1-21(19,20)14(5-7-15-8-6-14)13(18)16-9-12-17-10-3-2-4-11-17;;/h15H,2-12H2,1H3,(H,16,18);2*1H. The zero-order chi connectivity index (χ0) is 15.3. The number of carbonyl (C=O) groups is 1. The van der Waals surface area contributed by atoms with Crippen molar-refractivity contribution < 1.29 is 13.2 Å². The number of nitrogens with zero attached hydrogens (tertiary/aromatic N) is 1. The van der Waals surface area contributed by atoms with Crippen molar-refractivity contribution in [3.8, 4) is 0 Å². The largest absolute Gasteiger partial charge is 0.353 e. The van der Waals surface area contributed by atoms with Crippen LogP contribution in [0.2, 0.25) is 0 Å². The highest BCUT2D eigenvalue weighted by molar-refractivity contribution is 7.92. The molecule has 0 aromatic rings. The molecule has 23 heavy (non-hydrogen) atoms. The summed E-state index contributed by atoms with van der Waals surface area (Å²) in [6, 6.07) is 0. The van der Waals surface area contributed by atoms with Gasteiger partial charge >= 0.3 is 0 Å². The van der Waals surface area contributed by atoms with E-state index in [9.17, 15) is 13.2 Å². The highest BCUT2D eigenvalue weighted by atomic mass is 35.5. The average molecular weight is 390 g/mol. The van der Waals surface area contributed by atoms with Crippen molar-refractivity contribution in [1.82, 2.24) is 15.5 Å². The molecular weight excluding hydrogens is 361 g/mol. The van der Waals surface area contributed by atoms with E-state index in [0.29, 0.717) is 32.5 Å². The molecule has 0 aliphatic carbocycles. The first-order valence-electron chi connectivity index (χ1n) is 7.87. The minimum absolute atomic E-state index is 0. The van der Waals surface area contributed by atoms with E-state index in [4.69, 9.17) is 0 Å². The second-order valence-electron chi connectivity index (χ2n) is 6.17. The molecule has 0 bridgehead atoms. The Morgan fingerprint density at radius 1 is 1.13 bits per heavy atom. The van der Waals surface area contributed by atoms with Gasteiger partial charge in [-0.1, -0.05) is 6.42 Å². The lowest BCUT2D eigenvalue weighted by molar-refractivity contribution is -0.124. The van der Waals surface area contributed by atoms with Gasteiger partial charge in [0.05, 0.1) is 0 Å². The molecule has 0 unspecified atom stereocenters. The van der Waals surface area contributed by atoms with Crippen molar-refractivity contribution in [1.29, 1.82) is 0 Å². The number of sulfone groups is 1. The van der Waals surface area contributed by atoms with E-state index < -0.39 is 14.6 Å². The van der Waals surface area contributed by atoms with Crippen LogP contribution in [-0.4, -0.2) is 69.5 Å². The number of nitrogens with one attached hydrogen (secondary N) is 2. The zero-order valence-corrected chi connectivity index (χ0v) is 16.1. The van der Waals surface area contributed by atoms with E-state index in [0.717, 1.165) is 19.6 Å². The summed E-state index contributed by atoms with van der Waals surface area (Å²) in [7, 11) is -3.41. The summed E-state index contributed by atoms with van der Waals surface area (Å²) < 4.78 is 23.0. The predicted molar refractivity (Wildman–Crippen MR) is 97.5 cm³/mol. The van der Waals surface area contributed by atoms with Crippen LogP contribution in [0, 0.1) is 0 Å². The SMILES string of the molecule is CS(=O)(=O)C1(C(=O)NCCN2CCCCC2)CCNCC1.Cl.Cl. The van der Waals surface area contributed by atoms with Gasteiger partial charge in [-0.15, -0.1) is 24.8 Å². The molecule has 2 aliphatic rings. The van der Waals surface area contributed by atoms with Crippen molar-refractivity contribution in [2.75, 3.05) is 45.5 Å². The number of rotatable bonds is 5. The van der Waals surface area contributed by atoms with Crippen molar-refractivity contribution in [2.24, 2.45) is 0 Å². The lowest BCUT2D eigenvalue weighted by Gasteiger charge is -2.34. The van der Waals surface area contributed by atoms with Crippen molar-refractivity contribution in [3.63, 3.8) is 0 Å². The first kappa shape index (κ1) is 22.9. The molecule has 0 radical (unpaired) electrons. The van der Waals surface area contributed by atoms with Gasteiger partial charge in [0, 0.05) is 19.3 Å². The Bertz CT molecular complexity index is 462. The third kappa shape index (κ3) is 5.74. The summed E-state index contributed by atoms with van der Waals surface area (Å²) in [5.41, 5.74) is 0. The Kier molecular flexibility index (Phi) is 10.00. The van der Waals surface area contributed by atoms with E-state index in [2.05, 4.69) is 15.5 Å². The van der Waals surface area contributed by atoms with Gasteiger partial charge in [0.25, 0.3) is 0 Å². The monoisotopic (exact) mass is 389 g/mol. The van der Waals surface area contributed by atoms with Crippen LogP contribution in [0.5, 0.6) is 0 Å². The molecule has 2 heterocycles. The van der Waals surface area contributed by atoms with Gasteiger partial charge in [-0.3, -0.25) is 4.79 Å². The van der Waals surface area contributed by atoms with Crippen LogP contribution in [0.25, 0.3) is 0 Å². The van der Waals surface area contributed by atoms with Crippen LogP contribution in [0.1, 0.15) is 32.1 Å². The first-order valence-corrected chi connectivity index (χ1v) is 9.76. The molecule has 2 N–H and O–H groups in total. The smallest absolute Gasteiger partial charge is 0.241 e. The second-order valence-corrected chi connectivity index (χ2v) is 8.50. The van der Waals surface area contributed by atoms with Crippen LogP contribution in [-0.2, 0) is 14.6 Å². The molecule has 2 saturated heterocycles. The molecule has 0 aromatic carbocycles. The fourth-order valence-corrected chi connectivity index (χ4v) is 4.62. The fraction of sp³-hybridized carbons (Fsp3) is 0.929. The maximum absolute atomic E-state index is 12.5. The second kappa shape index (κ2) is 10.0. The van der Waals surface area contributed by atoms with Crippen molar-refractivity contribution in [2.45, 2.75) is 36.9 Å². The summed E-state index contributed by atoms with van der Waals surface area (Å²) in [4.78, 5) is 14.8. The van der Waals surface area contributed by atoms with Gasteiger partial charge in [0.1, 0.15) is 0 Å². The molecule has 2 aliphatic heterocycles. The molecule has 9 heteroatoms. The van der Waals surface area contributed by atoms with Crippen molar-refractivity contribution >= 4 is 40.6 Å². The highest BCUT2D eigenvalue weighted by Gasteiger charge is 2.48. The maximum atomic E-state index is 12.5. The first-order chi connectivity index (χ1) is 9.96. The van der Waals surface area contributed by atoms with Crippen molar-refractivity contribution in [3.05, 3.63) is 0 Å². The lowest BCUT2D eigenvalue weighted by Crippen LogP contribution is -2.58. The van der Waals surface area contributed by atoms with Crippen LogP contribution >= 0.6 is 24.8 Å². The number of piperidine rings is 2. The normalized spacial score (nSPS) is 21.6. The summed E-state index contributed by atoms with van der Waals surface area (Å²) in [6.07, 6.45) is 5.62. The maximum Gasteiger partial charge on any atom is 0.241 e. The number of halogens is 2. The molecule has 1 amide bonds. The van der Waals surface area contributed by atoms with Gasteiger partial charge in [-0.2, -0.15) is 0 Å². The zero-order valence-electron chi connectivity index (χ0n) is 13.7. The fourth-order valence-electron chi connectivity index (χ4n) is 3.27. The average Bonchev–Trinajstić information content (AvgIpc) is 2.48. The van der Waals surface area contributed by atoms with Crippen LogP contribution < -0.4 is 10.6 Å². The van der Waals surface area contributed by atoms with E-state index >= 15 is 0 Å². The molecular formula is C14H29Cl2N3O3S. The van der Waals surface area contributed by atoms with Gasteiger partial charge in [-0.05, 0) is 51.9 Å². The van der Waals surface area contributed by atoms with Crippen LogP contribution in [0.3, 0.4) is 0 Å². The van der Waals surface area contributed by atoms with E-state index in [1.807, 2.05) is 0 Å². The number of carbonyl (C=O) groups excluding carboxylic acids is 1. The molecule has 0 saturated carbocycles. The number of amides is 1. The van der Waals surface area contributed by atoms with Gasteiger partial charge in [0.15, 0.2) is 14.6 Å². The molecule has 138 valence electrons. The number of hydrogen-bond acceptors (Lipinski definition) is 5. The predicted octanol–water partition coefficient (Wildman–Crippen LogP) is 0.599. The summed E-state index contributed by atoms with van der Waals surface area (Å²) in [5, 5.41) is 5.98. The molecule has 2 rings (SSSR count). The third-order valence-electron chi connectivity index (χ3n) is 4.70. The molecule has 0 atom stereocenters. The summed E-state index contributed by atoms with van der Waals surface area (Å²) >= 11 is 0. The van der Waals surface area contributed by atoms with Crippen LogP contribution in [0.15, 0.2) is 0 Å². The Morgan fingerprint density at radius 2 is 1.70 bits per heavy atom. The minimum Gasteiger partial charge on any atom is -0.353 e. The third-order valence-corrected chi connectivity index (χ3v) is 6.71. The summed E-state index contributed by atoms with van der Waals surface area (Å²) in [6.45, 7) is 4.65. The Balaban J connectivity index is 0.00000242. The van der Waals surface area contributed by atoms with E-state index in [1.165, 1.54) is 25.5 Å². The topological polar surface area (TPSA) is 78.5 Å². The lowest BCUT2D eigenvalue weighted by atomic mass is 9.96. The minimum atomic E-state index is -3.41. The summed E-state index contributed by atoms with van der Waals surface area (Å²) in [5.74, 6) is -0.316. The molecule has 2 fully saturated rings. The van der Waals surface area contributed by atoms with Crippen LogP contribution in [0.4, 0.5) is 0 Å². The molecule has 0 aromatic heterocycles. The Labute approximate surface area is 151 Å². The van der Waals surface area contributed by atoms with E-state index in [-0.39, 0.29) is 30.7 Å². The van der Waals surface area contributed by atoms with Gasteiger partial charge in [-0.25, -0.2) is 8.42 Å². The number of likely N-dealkylation sites (tertiary alicyclic amines) is 1. The Hall–Kier alpha value is -0.0800. The Morgan fingerprint density at radius 3 is 2.22 bits per heavy atom. The van der Waals surface area contributed by atoms with Gasteiger partial charge < -0.3 is 15.5 Å². The van der Waals surface area contributed by atoms with Gasteiger partial charge in [0.2, 0.25) is 5.91 Å². The van der Waals surface area contributed by atoms with E-state index in [1.54, 1.807) is 0 Å². The number of hydrogen-bond donors (Lipinski definition) is 2. The quantitative estimate of drug-likeness (QED) is 0.719. The highest BCUT2D eigenvalue weighted by Crippen LogP contribution is 2.27.